The molecular weight excluding hydrogens is 475 g/mol. The van der Waals surface area contributed by atoms with E-state index in [9.17, 15) is 17.6 Å². The maximum atomic E-state index is 13.5. The highest BCUT2D eigenvalue weighted by atomic mass is 32.2. The Hall–Kier alpha value is -3.76. The molecule has 7 nitrogen and oxygen atoms in total. The highest BCUT2D eigenvalue weighted by Crippen LogP contribution is 2.29. The lowest BCUT2D eigenvalue weighted by atomic mass is 10.0. The van der Waals surface area contributed by atoms with E-state index in [2.05, 4.69) is 15.0 Å². The van der Waals surface area contributed by atoms with Crippen molar-refractivity contribution in [1.82, 2.24) is 19.4 Å². The number of aromatic nitrogens is 4. The topological polar surface area (TPSA) is 94.3 Å². The fourth-order valence-corrected chi connectivity index (χ4v) is 5.79. The number of aryl methyl sites for hydroxylation is 1. The van der Waals surface area contributed by atoms with Crippen LogP contribution in [0.1, 0.15) is 22.3 Å². The molecule has 0 saturated heterocycles. The average Bonchev–Trinajstić information content (AvgIpc) is 3.52. The van der Waals surface area contributed by atoms with Crippen LogP contribution in [0.15, 0.2) is 88.6 Å². The molecule has 0 aliphatic heterocycles. The van der Waals surface area contributed by atoms with Gasteiger partial charge in [0.25, 0.3) is 0 Å². The van der Waals surface area contributed by atoms with Crippen molar-refractivity contribution >= 4 is 32.7 Å². The fourth-order valence-electron chi connectivity index (χ4n) is 3.46. The molecular formula is C24H17FN4O3S2. The smallest absolute Gasteiger partial charge is 0.233 e. The summed E-state index contributed by atoms with van der Waals surface area (Å²) in [6.07, 6.45) is 7.26. The SMILES string of the molecule is O=C(CCc1ccc(S(=O)(=O)c2csc(-c3cccc(F)c3)n2)cc1)c1cnc2nccn2c1. The first-order valence-electron chi connectivity index (χ1n) is 10.3. The lowest BCUT2D eigenvalue weighted by Gasteiger charge is -2.05. The van der Waals surface area contributed by atoms with Gasteiger partial charge in [0.15, 0.2) is 10.8 Å². The van der Waals surface area contributed by atoms with E-state index in [0.717, 1.165) is 16.9 Å². The van der Waals surface area contributed by atoms with E-state index in [4.69, 9.17) is 0 Å². The number of fused-ring (bicyclic) bond motifs is 1. The third kappa shape index (κ3) is 4.37. The number of ketones is 1. The van der Waals surface area contributed by atoms with Gasteiger partial charge in [0.1, 0.15) is 10.8 Å². The van der Waals surface area contributed by atoms with Crippen LogP contribution >= 0.6 is 11.3 Å². The molecule has 170 valence electrons. The van der Waals surface area contributed by atoms with Crippen LogP contribution in [0.2, 0.25) is 0 Å². The molecule has 0 N–H and O–H groups in total. The molecule has 2 aromatic carbocycles. The van der Waals surface area contributed by atoms with Crippen LogP contribution in [0.3, 0.4) is 0 Å². The van der Waals surface area contributed by atoms with Crippen LogP contribution in [0.5, 0.6) is 0 Å². The Kier molecular flexibility index (Phi) is 5.76. The summed E-state index contributed by atoms with van der Waals surface area (Å²) in [7, 11) is -3.82. The molecule has 0 aliphatic carbocycles. The average molecular weight is 493 g/mol. The number of hydrogen-bond donors (Lipinski definition) is 0. The molecule has 5 rings (SSSR count). The highest BCUT2D eigenvalue weighted by Gasteiger charge is 2.22. The van der Waals surface area contributed by atoms with Gasteiger partial charge in [-0.25, -0.2) is 27.8 Å². The predicted molar refractivity (Wildman–Crippen MR) is 125 cm³/mol. The van der Waals surface area contributed by atoms with E-state index in [1.54, 1.807) is 47.3 Å². The van der Waals surface area contributed by atoms with Crippen molar-refractivity contribution in [2.24, 2.45) is 0 Å². The Bertz CT molecular complexity index is 1610. The standard InChI is InChI=1S/C24H17FN4O3S2/c25-19-3-1-2-17(12-19)23-28-22(15-33-23)34(31,32)20-7-4-16(5-8-20)6-9-21(30)18-13-27-24-26-10-11-29(24)14-18/h1-5,7-8,10-15H,6,9H2. The predicted octanol–water partition coefficient (Wildman–Crippen LogP) is 4.64. The maximum Gasteiger partial charge on any atom is 0.233 e. The third-order valence-electron chi connectivity index (χ3n) is 5.27. The second-order valence-electron chi connectivity index (χ2n) is 7.55. The number of imidazole rings is 1. The summed E-state index contributed by atoms with van der Waals surface area (Å²) in [5, 5.41) is 1.80. The lowest BCUT2D eigenvalue weighted by Crippen LogP contribution is -2.05. The van der Waals surface area contributed by atoms with Gasteiger partial charge in [0, 0.05) is 42.2 Å². The Morgan fingerprint density at radius 3 is 2.71 bits per heavy atom. The van der Waals surface area contributed by atoms with Gasteiger partial charge in [-0.2, -0.15) is 0 Å². The monoisotopic (exact) mass is 492 g/mol. The maximum absolute atomic E-state index is 13.5. The second kappa shape index (κ2) is 8.88. The van der Waals surface area contributed by atoms with E-state index in [1.807, 2.05) is 0 Å². The zero-order chi connectivity index (χ0) is 23.7. The van der Waals surface area contributed by atoms with E-state index in [1.165, 1.54) is 35.8 Å². The quantitative estimate of drug-likeness (QED) is 0.307. The van der Waals surface area contributed by atoms with Crippen molar-refractivity contribution in [3.63, 3.8) is 0 Å². The number of Topliss-reactive ketones (excluding diaryl/α,β-unsaturated/α-hetero) is 1. The molecule has 10 heteroatoms. The summed E-state index contributed by atoms with van der Waals surface area (Å²) in [5.74, 6) is 0.0494. The molecule has 3 heterocycles. The molecule has 3 aromatic heterocycles. The summed E-state index contributed by atoms with van der Waals surface area (Å²) in [6, 6.07) is 12.3. The summed E-state index contributed by atoms with van der Waals surface area (Å²) in [4.78, 5) is 25.1. The molecule has 0 aliphatic rings. The summed E-state index contributed by atoms with van der Waals surface area (Å²) in [5.41, 5.74) is 1.85. The van der Waals surface area contributed by atoms with Gasteiger partial charge in [-0.1, -0.05) is 24.3 Å². The van der Waals surface area contributed by atoms with Crippen molar-refractivity contribution in [1.29, 1.82) is 0 Å². The molecule has 0 bridgehead atoms. The Labute approximate surface area is 198 Å². The van der Waals surface area contributed by atoms with Gasteiger partial charge in [-0.3, -0.25) is 9.20 Å². The van der Waals surface area contributed by atoms with Gasteiger partial charge in [0.2, 0.25) is 15.6 Å². The second-order valence-corrected chi connectivity index (χ2v) is 10.3. The van der Waals surface area contributed by atoms with E-state index in [-0.39, 0.29) is 22.1 Å². The van der Waals surface area contributed by atoms with Crippen molar-refractivity contribution in [2.45, 2.75) is 22.8 Å². The number of sulfone groups is 1. The van der Waals surface area contributed by atoms with Crippen LogP contribution in [0.25, 0.3) is 16.3 Å². The van der Waals surface area contributed by atoms with Crippen molar-refractivity contribution < 1.29 is 17.6 Å². The summed E-state index contributed by atoms with van der Waals surface area (Å²) < 4.78 is 41.2. The minimum absolute atomic E-state index is 0.0628. The number of rotatable bonds is 7. The van der Waals surface area contributed by atoms with Gasteiger partial charge < -0.3 is 0 Å². The molecule has 0 amide bonds. The van der Waals surface area contributed by atoms with Crippen LogP contribution in [0.4, 0.5) is 4.39 Å². The van der Waals surface area contributed by atoms with Crippen molar-refractivity contribution in [3.8, 4) is 10.6 Å². The highest BCUT2D eigenvalue weighted by molar-refractivity contribution is 7.91. The van der Waals surface area contributed by atoms with Crippen LogP contribution < -0.4 is 0 Å². The van der Waals surface area contributed by atoms with Gasteiger partial charge in [-0.15, -0.1) is 11.3 Å². The molecule has 0 fully saturated rings. The minimum atomic E-state index is -3.82. The number of halogens is 1. The van der Waals surface area contributed by atoms with E-state index >= 15 is 0 Å². The largest absolute Gasteiger partial charge is 0.294 e. The number of carbonyl (C=O) groups is 1. The number of nitrogens with zero attached hydrogens (tertiary/aromatic N) is 4. The molecule has 5 aromatic rings. The van der Waals surface area contributed by atoms with E-state index < -0.39 is 15.7 Å². The Morgan fingerprint density at radius 2 is 1.91 bits per heavy atom. The number of hydrogen-bond acceptors (Lipinski definition) is 7. The van der Waals surface area contributed by atoms with Crippen molar-refractivity contribution in [3.05, 3.63) is 95.6 Å². The molecule has 0 unspecified atom stereocenters. The minimum Gasteiger partial charge on any atom is -0.294 e. The van der Waals surface area contributed by atoms with Crippen molar-refractivity contribution in [2.75, 3.05) is 0 Å². The van der Waals surface area contributed by atoms with Gasteiger partial charge in [-0.05, 0) is 36.2 Å². The normalized spacial score (nSPS) is 11.7. The zero-order valence-electron chi connectivity index (χ0n) is 17.6. The van der Waals surface area contributed by atoms with Crippen LogP contribution in [-0.2, 0) is 16.3 Å². The lowest BCUT2D eigenvalue weighted by molar-refractivity contribution is 0.0982. The number of benzene rings is 2. The zero-order valence-corrected chi connectivity index (χ0v) is 19.3. The first-order chi connectivity index (χ1) is 16.4. The molecule has 34 heavy (non-hydrogen) atoms. The summed E-state index contributed by atoms with van der Waals surface area (Å²) >= 11 is 1.14. The Balaban J connectivity index is 1.28. The van der Waals surface area contributed by atoms with Gasteiger partial charge >= 0.3 is 0 Å². The van der Waals surface area contributed by atoms with Gasteiger partial charge in [0.05, 0.1) is 10.5 Å². The molecule has 0 radical (unpaired) electrons. The molecule has 0 spiro atoms. The summed E-state index contributed by atoms with van der Waals surface area (Å²) in [6.45, 7) is 0. The van der Waals surface area contributed by atoms with Crippen LogP contribution in [-0.4, -0.2) is 33.6 Å². The molecule has 0 saturated carbocycles. The van der Waals surface area contributed by atoms with E-state index in [0.29, 0.717) is 28.3 Å². The Morgan fingerprint density at radius 1 is 1.09 bits per heavy atom. The molecule has 0 atom stereocenters. The first kappa shape index (κ1) is 22.1. The fraction of sp³-hybridized carbons (Fsp3) is 0.0833. The van der Waals surface area contributed by atoms with Crippen LogP contribution in [0, 0.1) is 5.82 Å². The third-order valence-corrected chi connectivity index (χ3v) is 7.96. The first-order valence-corrected chi connectivity index (χ1v) is 12.6. The number of carbonyl (C=O) groups excluding carboxylic acids is 1. The number of thiazole rings is 1.